The van der Waals surface area contributed by atoms with E-state index in [2.05, 4.69) is 6.58 Å². The molecule has 0 spiro atoms. The first-order valence-electron chi connectivity index (χ1n) is 4.88. The van der Waals surface area contributed by atoms with Gasteiger partial charge in [0.2, 0.25) is 0 Å². The fourth-order valence-electron chi connectivity index (χ4n) is 1.48. The molecule has 1 aliphatic carbocycles. The topological polar surface area (TPSA) is 40.5 Å². The SMILES string of the molecule is C=C1C(O)CC(=CC=C(C)C)CC1O. The zero-order valence-corrected chi connectivity index (χ0v) is 8.83. The van der Waals surface area contributed by atoms with Crippen LogP contribution in [0.2, 0.25) is 0 Å². The van der Waals surface area contributed by atoms with Crippen molar-refractivity contribution in [3.8, 4) is 0 Å². The third-order valence-electron chi connectivity index (χ3n) is 2.42. The maximum atomic E-state index is 9.56. The van der Waals surface area contributed by atoms with Crippen LogP contribution in [0.3, 0.4) is 0 Å². The molecule has 0 aromatic heterocycles. The number of hydrogen-bond donors (Lipinski definition) is 2. The minimum absolute atomic E-state index is 0.541. The Hall–Kier alpha value is -0.860. The zero-order chi connectivity index (χ0) is 10.7. The van der Waals surface area contributed by atoms with Crippen molar-refractivity contribution in [3.05, 3.63) is 35.5 Å². The van der Waals surface area contributed by atoms with Crippen LogP contribution < -0.4 is 0 Å². The highest BCUT2D eigenvalue weighted by Crippen LogP contribution is 2.27. The van der Waals surface area contributed by atoms with Crippen LogP contribution in [0.5, 0.6) is 0 Å². The molecule has 1 rings (SSSR count). The second kappa shape index (κ2) is 4.58. The Morgan fingerprint density at radius 2 is 1.79 bits per heavy atom. The van der Waals surface area contributed by atoms with E-state index in [1.165, 1.54) is 5.57 Å². The molecule has 2 nitrogen and oxygen atoms in total. The summed E-state index contributed by atoms with van der Waals surface area (Å²) >= 11 is 0. The van der Waals surface area contributed by atoms with Gasteiger partial charge in [-0.1, -0.05) is 29.9 Å². The average Bonchev–Trinajstić information content (AvgIpc) is 2.10. The van der Waals surface area contributed by atoms with E-state index in [-0.39, 0.29) is 0 Å². The molecule has 0 aliphatic heterocycles. The molecule has 2 heteroatoms. The Morgan fingerprint density at radius 1 is 1.29 bits per heavy atom. The van der Waals surface area contributed by atoms with E-state index >= 15 is 0 Å². The van der Waals surface area contributed by atoms with E-state index in [0.29, 0.717) is 18.4 Å². The molecule has 1 fully saturated rings. The van der Waals surface area contributed by atoms with Crippen LogP contribution >= 0.6 is 0 Å². The molecule has 0 aromatic rings. The quantitative estimate of drug-likeness (QED) is 0.626. The van der Waals surface area contributed by atoms with Gasteiger partial charge in [-0.05, 0) is 32.3 Å². The Balaban J connectivity index is 2.71. The lowest BCUT2D eigenvalue weighted by atomic mass is 9.86. The third kappa shape index (κ3) is 2.82. The lowest BCUT2D eigenvalue weighted by Gasteiger charge is -2.27. The molecule has 0 aromatic carbocycles. The molecule has 2 unspecified atom stereocenters. The van der Waals surface area contributed by atoms with Crippen LogP contribution in [-0.2, 0) is 0 Å². The average molecular weight is 194 g/mol. The number of allylic oxidation sites excluding steroid dienone is 3. The highest BCUT2D eigenvalue weighted by Gasteiger charge is 2.24. The van der Waals surface area contributed by atoms with Crippen molar-refractivity contribution < 1.29 is 10.2 Å². The van der Waals surface area contributed by atoms with Crippen LogP contribution in [0, 0.1) is 0 Å². The van der Waals surface area contributed by atoms with Gasteiger partial charge in [-0.15, -0.1) is 0 Å². The number of hydrogen-bond acceptors (Lipinski definition) is 2. The summed E-state index contributed by atoms with van der Waals surface area (Å²) in [4.78, 5) is 0. The molecule has 1 aliphatic rings. The van der Waals surface area contributed by atoms with Gasteiger partial charge >= 0.3 is 0 Å². The summed E-state index contributed by atoms with van der Waals surface area (Å²) in [6.07, 6.45) is 4.00. The highest BCUT2D eigenvalue weighted by atomic mass is 16.3. The first kappa shape index (κ1) is 11.2. The fourth-order valence-corrected chi connectivity index (χ4v) is 1.48. The van der Waals surface area contributed by atoms with E-state index in [0.717, 1.165) is 5.57 Å². The van der Waals surface area contributed by atoms with Crippen LogP contribution in [0.15, 0.2) is 35.5 Å². The molecule has 2 N–H and O–H groups in total. The molecular formula is C12H18O2. The minimum atomic E-state index is -0.587. The molecule has 0 saturated heterocycles. The molecule has 0 bridgehead atoms. The normalized spacial score (nSPS) is 27.4. The predicted molar refractivity (Wildman–Crippen MR) is 57.9 cm³/mol. The van der Waals surface area contributed by atoms with Gasteiger partial charge < -0.3 is 10.2 Å². The van der Waals surface area contributed by atoms with Crippen LogP contribution in [0.4, 0.5) is 0 Å². The van der Waals surface area contributed by atoms with Gasteiger partial charge in [0.05, 0.1) is 12.2 Å². The van der Waals surface area contributed by atoms with Gasteiger partial charge in [0.25, 0.3) is 0 Å². The van der Waals surface area contributed by atoms with Gasteiger partial charge in [-0.25, -0.2) is 0 Å². The molecular weight excluding hydrogens is 176 g/mol. The van der Waals surface area contributed by atoms with Crippen molar-refractivity contribution in [2.24, 2.45) is 0 Å². The third-order valence-corrected chi connectivity index (χ3v) is 2.42. The Kier molecular flexibility index (Phi) is 3.67. The van der Waals surface area contributed by atoms with Gasteiger partial charge in [0, 0.05) is 0 Å². The van der Waals surface area contributed by atoms with Crippen molar-refractivity contribution >= 4 is 0 Å². The maximum Gasteiger partial charge on any atom is 0.0809 e. The predicted octanol–water partition coefficient (Wildman–Crippen LogP) is 1.95. The van der Waals surface area contributed by atoms with E-state index in [9.17, 15) is 10.2 Å². The monoisotopic (exact) mass is 194 g/mol. The standard InChI is InChI=1S/C12H18O2/c1-8(2)4-5-10-6-11(13)9(3)12(14)7-10/h4-5,11-14H,3,6-7H2,1-2H3. The van der Waals surface area contributed by atoms with Crippen molar-refractivity contribution in [1.82, 2.24) is 0 Å². The van der Waals surface area contributed by atoms with Crippen molar-refractivity contribution in [2.75, 3.05) is 0 Å². The number of aliphatic hydroxyl groups excluding tert-OH is 2. The van der Waals surface area contributed by atoms with E-state index in [4.69, 9.17) is 0 Å². The number of rotatable bonds is 1. The van der Waals surface area contributed by atoms with E-state index in [1.807, 2.05) is 26.0 Å². The van der Waals surface area contributed by atoms with Gasteiger partial charge in [0.15, 0.2) is 0 Å². The first-order valence-corrected chi connectivity index (χ1v) is 4.88. The summed E-state index contributed by atoms with van der Waals surface area (Å²) in [7, 11) is 0. The molecule has 0 heterocycles. The second-order valence-corrected chi connectivity index (χ2v) is 4.08. The number of aliphatic hydroxyl groups is 2. The molecule has 2 atom stereocenters. The highest BCUT2D eigenvalue weighted by molar-refractivity contribution is 5.26. The Bertz CT molecular complexity index is 267. The Morgan fingerprint density at radius 3 is 2.21 bits per heavy atom. The maximum absolute atomic E-state index is 9.56. The zero-order valence-electron chi connectivity index (χ0n) is 8.83. The summed E-state index contributed by atoms with van der Waals surface area (Å²) in [6.45, 7) is 7.70. The van der Waals surface area contributed by atoms with Gasteiger partial charge in [-0.3, -0.25) is 0 Å². The van der Waals surface area contributed by atoms with E-state index in [1.54, 1.807) is 0 Å². The van der Waals surface area contributed by atoms with Crippen molar-refractivity contribution in [2.45, 2.75) is 38.9 Å². The first-order chi connectivity index (χ1) is 6.50. The fraction of sp³-hybridized carbons (Fsp3) is 0.500. The van der Waals surface area contributed by atoms with Crippen LogP contribution in [0.25, 0.3) is 0 Å². The summed E-state index contributed by atoms with van der Waals surface area (Å²) in [5, 5.41) is 19.1. The molecule has 1 saturated carbocycles. The lowest BCUT2D eigenvalue weighted by Crippen LogP contribution is -2.27. The molecule has 0 amide bonds. The molecule has 0 radical (unpaired) electrons. The van der Waals surface area contributed by atoms with Crippen molar-refractivity contribution in [1.29, 1.82) is 0 Å². The lowest BCUT2D eigenvalue weighted by molar-refractivity contribution is 0.123. The summed E-state index contributed by atoms with van der Waals surface area (Å²) in [5.74, 6) is 0. The van der Waals surface area contributed by atoms with Crippen molar-refractivity contribution in [3.63, 3.8) is 0 Å². The summed E-state index contributed by atoms with van der Waals surface area (Å²) in [6, 6.07) is 0. The summed E-state index contributed by atoms with van der Waals surface area (Å²) < 4.78 is 0. The minimum Gasteiger partial charge on any atom is -0.388 e. The molecule has 78 valence electrons. The second-order valence-electron chi connectivity index (χ2n) is 4.08. The molecule has 14 heavy (non-hydrogen) atoms. The largest absolute Gasteiger partial charge is 0.388 e. The summed E-state index contributed by atoms with van der Waals surface area (Å²) in [5.41, 5.74) is 2.84. The van der Waals surface area contributed by atoms with Crippen LogP contribution in [0.1, 0.15) is 26.7 Å². The van der Waals surface area contributed by atoms with E-state index < -0.39 is 12.2 Å². The van der Waals surface area contributed by atoms with Gasteiger partial charge in [-0.2, -0.15) is 0 Å². The smallest absolute Gasteiger partial charge is 0.0809 e. The van der Waals surface area contributed by atoms with Gasteiger partial charge in [0.1, 0.15) is 0 Å². The Labute approximate surface area is 85.3 Å². The van der Waals surface area contributed by atoms with Crippen LogP contribution in [-0.4, -0.2) is 22.4 Å².